The second-order valence-corrected chi connectivity index (χ2v) is 6.05. The number of nitrogens with one attached hydrogen (secondary N) is 2. The molecule has 0 spiro atoms. The maximum absolute atomic E-state index is 11.9. The summed E-state index contributed by atoms with van der Waals surface area (Å²) in [5, 5.41) is 6.41. The molecule has 0 aromatic heterocycles. The number of aryl methyl sites for hydroxylation is 3. The van der Waals surface area contributed by atoms with Crippen LogP contribution in [0.1, 0.15) is 41.5 Å². The molecule has 0 aliphatic carbocycles. The van der Waals surface area contributed by atoms with Crippen molar-refractivity contribution in [1.29, 1.82) is 0 Å². The van der Waals surface area contributed by atoms with Crippen LogP contribution in [0.15, 0.2) is 12.1 Å². The minimum atomic E-state index is 0. The van der Waals surface area contributed by atoms with E-state index in [2.05, 4.69) is 43.5 Å². The first-order valence-corrected chi connectivity index (χ1v) is 7.60. The highest BCUT2D eigenvalue weighted by Crippen LogP contribution is 2.17. The van der Waals surface area contributed by atoms with Crippen molar-refractivity contribution in [3.8, 4) is 0 Å². The molecule has 1 atom stereocenters. The van der Waals surface area contributed by atoms with Crippen molar-refractivity contribution < 1.29 is 4.79 Å². The first-order valence-electron chi connectivity index (χ1n) is 7.60. The summed E-state index contributed by atoms with van der Waals surface area (Å²) < 4.78 is 0. The number of halogens is 1. The van der Waals surface area contributed by atoms with Crippen LogP contribution in [-0.4, -0.2) is 19.0 Å². The lowest BCUT2D eigenvalue weighted by atomic mass is 9.99. The zero-order valence-corrected chi connectivity index (χ0v) is 14.1. The van der Waals surface area contributed by atoms with Gasteiger partial charge in [-0.2, -0.15) is 0 Å². The van der Waals surface area contributed by atoms with Crippen molar-refractivity contribution in [2.24, 2.45) is 5.92 Å². The lowest BCUT2D eigenvalue weighted by Crippen LogP contribution is -2.24. The Morgan fingerprint density at radius 1 is 1.29 bits per heavy atom. The van der Waals surface area contributed by atoms with Gasteiger partial charge in [0, 0.05) is 13.0 Å². The van der Waals surface area contributed by atoms with Gasteiger partial charge in [0.15, 0.2) is 0 Å². The Morgan fingerprint density at radius 3 is 2.52 bits per heavy atom. The highest BCUT2D eigenvalue weighted by molar-refractivity contribution is 5.85. The Labute approximate surface area is 134 Å². The zero-order chi connectivity index (χ0) is 14.5. The molecule has 0 radical (unpaired) electrons. The molecular formula is C17H27ClN2O. The van der Waals surface area contributed by atoms with Crippen molar-refractivity contribution in [2.75, 3.05) is 13.1 Å². The van der Waals surface area contributed by atoms with Gasteiger partial charge in [0.05, 0.1) is 0 Å². The van der Waals surface area contributed by atoms with Gasteiger partial charge in [-0.05, 0) is 69.3 Å². The highest BCUT2D eigenvalue weighted by atomic mass is 35.5. The zero-order valence-electron chi connectivity index (χ0n) is 13.3. The van der Waals surface area contributed by atoms with Crippen LogP contribution in [0.25, 0.3) is 0 Å². The maximum atomic E-state index is 11.9. The fourth-order valence-corrected chi connectivity index (χ4v) is 3.06. The van der Waals surface area contributed by atoms with Crippen LogP contribution in [0.2, 0.25) is 0 Å². The third-order valence-electron chi connectivity index (χ3n) is 4.24. The number of hydrogen-bond acceptors (Lipinski definition) is 2. The molecule has 0 saturated carbocycles. The molecular weight excluding hydrogens is 284 g/mol. The van der Waals surface area contributed by atoms with Crippen molar-refractivity contribution in [1.82, 2.24) is 10.6 Å². The molecule has 2 rings (SSSR count). The molecule has 0 bridgehead atoms. The Kier molecular flexibility index (Phi) is 7.20. The van der Waals surface area contributed by atoms with Gasteiger partial charge in [-0.15, -0.1) is 12.4 Å². The summed E-state index contributed by atoms with van der Waals surface area (Å²) in [7, 11) is 0. The van der Waals surface area contributed by atoms with Gasteiger partial charge >= 0.3 is 0 Å². The molecule has 1 aliphatic rings. The fourth-order valence-electron chi connectivity index (χ4n) is 3.06. The summed E-state index contributed by atoms with van der Waals surface area (Å²) in [5.41, 5.74) is 5.07. The molecule has 1 aromatic rings. The predicted molar refractivity (Wildman–Crippen MR) is 90.0 cm³/mol. The van der Waals surface area contributed by atoms with Crippen molar-refractivity contribution in [3.63, 3.8) is 0 Å². The summed E-state index contributed by atoms with van der Waals surface area (Å²) in [5.74, 6) is 0.861. The van der Waals surface area contributed by atoms with Gasteiger partial charge in [-0.1, -0.05) is 17.7 Å². The van der Waals surface area contributed by atoms with Crippen molar-refractivity contribution in [3.05, 3.63) is 34.4 Å². The van der Waals surface area contributed by atoms with Crippen LogP contribution in [0.4, 0.5) is 0 Å². The molecule has 4 heteroatoms. The van der Waals surface area contributed by atoms with E-state index in [-0.39, 0.29) is 18.3 Å². The first-order chi connectivity index (χ1) is 9.56. The Balaban J connectivity index is 0.00000220. The number of amides is 1. The van der Waals surface area contributed by atoms with Crippen LogP contribution in [0.5, 0.6) is 0 Å². The topological polar surface area (TPSA) is 41.1 Å². The van der Waals surface area contributed by atoms with Gasteiger partial charge < -0.3 is 10.6 Å². The molecule has 1 aromatic carbocycles. The van der Waals surface area contributed by atoms with Gasteiger partial charge in [0.25, 0.3) is 0 Å². The van der Waals surface area contributed by atoms with Crippen LogP contribution >= 0.6 is 12.4 Å². The van der Waals surface area contributed by atoms with Gasteiger partial charge in [0.2, 0.25) is 5.91 Å². The SMILES string of the molecule is Cc1cc(C)c(CNC(=O)CCC2CCNC2)c(C)c1.Cl. The molecule has 21 heavy (non-hydrogen) atoms. The molecule has 2 N–H and O–H groups in total. The Morgan fingerprint density at radius 2 is 1.95 bits per heavy atom. The van der Waals surface area contributed by atoms with Crippen LogP contribution in [-0.2, 0) is 11.3 Å². The van der Waals surface area contributed by atoms with Crippen molar-refractivity contribution in [2.45, 2.75) is 46.6 Å². The second kappa shape index (κ2) is 8.40. The van der Waals surface area contributed by atoms with Gasteiger partial charge in [-0.3, -0.25) is 4.79 Å². The van der Waals surface area contributed by atoms with Crippen molar-refractivity contribution >= 4 is 18.3 Å². The van der Waals surface area contributed by atoms with E-state index in [1.54, 1.807) is 0 Å². The average Bonchev–Trinajstić information content (AvgIpc) is 2.88. The fraction of sp³-hybridized carbons (Fsp3) is 0.588. The van der Waals surface area contributed by atoms with E-state index >= 15 is 0 Å². The molecule has 1 heterocycles. The summed E-state index contributed by atoms with van der Waals surface area (Å²) in [6, 6.07) is 4.36. The standard InChI is InChI=1S/C17H26N2O.ClH/c1-12-8-13(2)16(14(3)9-12)11-19-17(20)5-4-15-6-7-18-10-15;/h8-9,15,18H,4-7,10-11H2,1-3H3,(H,19,20);1H. The minimum Gasteiger partial charge on any atom is -0.352 e. The molecule has 118 valence electrons. The largest absolute Gasteiger partial charge is 0.352 e. The summed E-state index contributed by atoms with van der Waals surface area (Å²) >= 11 is 0. The number of rotatable bonds is 5. The monoisotopic (exact) mass is 310 g/mol. The number of hydrogen-bond donors (Lipinski definition) is 2. The number of carbonyl (C=O) groups excluding carboxylic acids is 1. The highest BCUT2D eigenvalue weighted by Gasteiger charge is 2.15. The molecule has 3 nitrogen and oxygen atoms in total. The van der Waals surface area contributed by atoms with E-state index in [1.807, 2.05) is 0 Å². The molecule has 1 amide bonds. The Hall–Kier alpha value is -1.06. The number of carbonyl (C=O) groups is 1. The summed E-state index contributed by atoms with van der Waals surface area (Å²) in [6.45, 7) is 9.17. The molecule has 1 unspecified atom stereocenters. The quantitative estimate of drug-likeness (QED) is 0.877. The minimum absolute atomic E-state index is 0. The van der Waals surface area contributed by atoms with Crippen LogP contribution < -0.4 is 10.6 Å². The molecule has 1 fully saturated rings. The summed E-state index contributed by atoms with van der Waals surface area (Å²) in [4.78, 5) is 11.9. The molecule has 1 saturated heterocycles. The van der Waals surface area contributed by atoms with E-state index in [1.165, 1.54) is 28.7 Å². The first kappa shape index (κ1) is 18.0. The third-order valence-corrected chi connectivity index (χ3v) is 4.24. The van der Waals surface area contributed by atoms with E-state index in [9.17, 15) is 4.79 Å². The van der Waals surface area contributed by atoms with Gasteiger partial charge in [-0.25, -0.2) is 0 Å². The summed E-state index contributed by atoms with van der Waals surface area (Å²) in [6.07, 6.45) is 2.87. The normalized spacial score (nSPS) is 17.4. The van der Waals surface area contributed by atoms with E-state index in [0.717, 1.165) is 19.5 Å². The van der Waals surface area contributed by atoms with Gasteiger partial charge in [0.1, 0.15) is 0 Å². The van der Waals surface area contributed by atoms with Crippen LogP contribution in [0.3, 0.4) is 0 Å². The Bertz CT molecular complexity index is 459. The van der Waals surface area contributed by atoms with E-state index in [4.69, 9.17) is 0 Å². The smallest absolute Gasteiger partial charge is 0.220 e. The van der Waals surface area contributed by atoms with E-state index in [0.29, 0.717) is 18.9 Å². The average molecular weight is 311 g/mol. The third kappa shape index (κ3) is 5.33. The van der Waals surface area contributed by atoms with E-state index < -0.39 is 0 Å². The van der Waals surface area contributed by atoms with Crippen LogP contribution in [0, 0.1) is 26.7 Å². The number of benzene rings is 1. The lowest BCUT2D eigenvalue weighted by Gasteiger charge is -2.13. The lowest BCUT2D eigenvalue weighted by molar-refractivity contribution is -0.121. The maximum Gasteiger partial charge on any atom is 0.220 e. The molecule has 1 aliphatic heterocycles. The second-order valence-electron chi connectivity index (χ2n) is 6.05. The predicted octanol–water partition coefficient (Wildman–Crippen LogP) is 3.04.